The second kappa shape index (κ2) is 7.07. The monoisotopic (exact) mass is 235 g/mol. The lowest BCUT2D eigenvalue weighted by atomic mass is 10.1. The fourth-order valence-electron chi connectivity index (χ4n) is 1.62. The van der Waals surface area contributed by atoms with Gasteiger partial charge in [-0.2, -0.15) is 0 Å². The first kappa shape index (κ1) is 13.7. The van der Waals surface area contributed by atoms with Crippen molar-refractivity contribution in [3.63, 3.8) is 0 Å². The summed E-state index contributed by atoms with van der Waals surface area (Å²) in [5.41, 5.74) is 2.19. The van der Waals surface area contributed by atoms with Gasteiger partial charge in [0.1, 0.15) is 0 Å². The molecule has 0 saturated heterocycles. The minimum absolute atomic E-state index is 0.0380. The van der Waals surface area contributed by atoms with E-state index in [1.807, 2.05) is 38.1 Å². The molecule has 0 heterocycles. The summed E-state index contributed by atoms with van der Waals surface area (Å²) in [6.07, 6.45) is 1.60. The number of carbonyl (C=O) groups excluding carboxylic acids is 1. The number of aliphatic hydroxyl groups excluding tert-OH is 1. The van der Waals surface area contributed by atoms with Gasteiger partial charge in [0.05, 0.1) is 12.5 Å². The average Bonchev–Trinajstić information content (AvgIpc) is 2.30. The van der Waals surface area contributed by atoms with Gasteiger partial charge in [-0.05, 0) is 18.9 Å². The highest BCUT2D eigenvalue weighted by molar-refractivity contribution is 5.78. The minimum Gasteiger partial charge on any atom is -0.391 e. The Morgan fingerprint density at radius 3 is 2.59 bits per heavy atom. The summed E-state index contributed by atoms with van der Waals surface area (Å²) in [6.45, 7) is 4.38. The third-order valence-corrected chi connectivity index (χ3v) is 2.64. The summed E-state index contributed by atoms with van der Waals surface area (Å²) in [5.74, 6) is -0.0380. The van der Waals surface area contributed by atoms with Gasteiger partial charge in [0, 0.05) is 6.54 Å². The molecule has 1 amide bonds. The number of aryl methyl sites for hydroxylation is 1. The van der Waals surface area contributed by atoms with Crippen molar-refractivity contribution >= 4 is 5.91 Å². The normalized spacial score (nSPS) is 12.2. The highest BCUT2D eigenvalue weighted by Crippen LogP contribution is 2.03. The van der Waals surface area contributed by atoms with Crippen LogP contribution >= 0.6 is 0 Å². The Hall–Kier alpha value is -1.35. The molecule has 3 heteroatoms. The molecule has 1 unspecified atom stereocenters. The van der Waals surface area contributed by atoms with E-state index in [4.69, 9.17) is 0 Å². The van der Waals surface area contributed by atoms with Gasteiger partial charge in [-0.15, -0.1) is 0 Å². The second-order valence-electron chi connectivity index (χ2n) is 4.41. The molecule has 1 aromatic carbocycles. The van der Waals surface area contributed by atoms with Crippen LogP contribution in [-0.4, -0.2) is 23.7 Å². The standard InChI is InChI=1S/C14H21NO2/c1-3-4-13(16)10-15-14(17)9-12-7-5-11(2)6-8-12/h5-8,13,16H,3-4,9-10H2,1-2H3,(H,15,17). The minimum atomic E-state index is -0.429. The molecule has 2 N–H and O–H groups in total. The quantitative estimate of drug-likeness (QED) is 0.790. The largest absolute Gasteiger partial charge is 0.391 e. The van der Waals surface area contributed by atoms with Gasteiger partial charge in [-0.3, -0.25) is 4.79 Å². The van der Waals surface area contributed by atoms with Crippen molar-refractivity contribution in [2.24, 2.45) is 0 Å². The highest BCUT2D eigenvalue weighted by Gasteiger charge is 2.06. The summed E-state index contributed by atoms with van der Waals surface area (Å²) >= 11 is 0. The number of hydrogen-bond donors (Lipinski definition) is 2. The molecule has 0 aliphatic carbocycles. The van der Waals surface area contributed by atoms with Crippen molar-refractivity contribution in [1.29, 1.82) is 0 Å². The molecule has 0 fully saturated rings. The summed E-state index contributed by atoms with van der Waals surface area (Å²) in [6, 6.07) is 7.90. The molecule has 1 rings (SSSR count). The van der Waals surface area contributed by atoms with Crippen LogP contribution in [0.4, 0.5) is 0 Å². The van der Waals surface area contributed by atoms with Gasteiger partial charge < -0.3 is 10.4 Å². The van der Waals surface area contributed by atoms with Crippen LogP contribution in [0, 0.1) is 6.92 Å². The van der Waals surface area contributed by atoms with Gasteiger partial charge in [0.15, 0.2) is 0 Å². The van der Waals surface area contributed by atoms with E-state index in [2.05, 4.69) is 5.32 Å². The topological polar surface area (TPSA) is 49.3 Å². The Labute approximate surface area is 103 Å². The van der Waals surface area contributed by atoms with Crippen molar-refractivity contribution in [3.8, 4) is 0 Å². The number of benzene rings is 1. The number of hydrogen-bond acceptors (Lipinski definition) is 2. The van der Waals surface area contributed by atoms with Crippen LogP contribution in [0.15, 0.2) is 24.3 Å². The molecule has 0 aliphatic rings. The Balaban J connectivity index is 2.32. The Morgan fingerprint density at radius 2 is 2.00 bits per heavy atom. The maximum atomic E-state index is 11.6. The lowest BCUT2D eigenvalue weighted by Crippen LogP contribution is -2.33. The molecule has 0 aromatic heterocycles. The smallest absolute Gasteiger partial charge is 0.224 e. The molecule has 0 radical (unpaired) electrons. The van der Waals surface area contributed by atoms with Crippen molar-refractivity contribution < 1.29 is 9.90 Å². The lowest BCUT2D eigenvalue weighted by molar-refractivity contribution is -0.120. The summed E-state index contributed by atoms with van der Waals surface area (Å²) in [4.78, 5) is 11.6. The predicted molar refractivity (Wildman–Crippen MR) is 68.8 cm³/mol. The van der Waals surface area contributed by atoms with Crippen molar-refractivity contribution in [2.45, 2.75) is 39.2 Å². The molecule has 0 saturated carbocycles. The van der Waals surface area contributed by atoms with Crippen LogP contribution in [0.3, 0.4) is 0 Å². The van der Waals surface area contributed by atoms with Crippen molar-refractivity contribution in [2.75, 3.05) is 6.54 Å². The summed E-state index contributed by atoms with van der Waals surface area (Å²) < 4.78 is 0. The number of aliphatic hydroxyl groups is 1. The van der Waals surface area contributed by atoms with Crippen LogP contribution in [-0.2, 0) is 11.2 Å². The van der Waals surface area contributed by atoms with E-state index in [0.29, 0.717) is 13.0 Å². The zero-order chi connectivity index (χ0) is 12.7. The van der Waals surface area contributed by atoms with Crippen LogP contribution in [0.1, 0.15) is 30.9 Å². The third-order valence-electron chi connectivity index (χ3n) is 2.64. The van der Waals surface area contributed by atoms with Crippen LogP contribution < -0.4 is 5.32 Å². The summed E-state index contributed by atoms with van der Waals surface area (Å²) in [5, 5.41) is 12.2. The van der Waals surface area contributed by atoms with Gasteiger partial charge >= 0.3 is 0 Å². The molecule has 0 aliphatic heterocycles. The molecule has 17 heavy (non-hydrogen) atoms. The number of carbonyl (C=O) groups is 1. The molecule has 1 atom stereocenters. The van der Waals surface area contributed by atoms with E-state index in [0.717, 1.165) is 18.4 Å². The fraction of sp³-hybridized carbons (Fsp3) is 0.500. The molecule has 0 spiro atoms. The van der Waals surface area contributed by atoms with Crippen molar-refractivity contribution in [1.82, 2.24) is 5.32 Å². The first-order valence-corrected chi connectivity index (χ1v) is 6.12. The highest BCUT2D eigenvalue weighted by atomic mass is 16.3. The Kier molecular flexibility index (Phi) is 5.70. The number of amides is 1. The van der Waals surface area contributed by atoms with Gasteiger partial charge in [0.25, 0.3) is 0 Å². The molecule has 0 bridgehead atoms. The van der Waals surface area contributed by atoms with Crippen LogP contribution in [0.5, 0.6) is 0 Å². The first-order valence-electron chi connectivity index (χ1n) is 6.12. The number of nitrogens with one attached hydrogen (secondary N) is 1. The molecular weight excluding hydrogens is 214 g/mol. The third kappa shape index (κ3) is 5.50. The molecular formula is C14H21NO2. The van der Waals surface area contributed by atoms with Crippen LogP contribution in [0.2, 0.25) is 0 Å². The van der Waals surface area contributed by atoms with Gasteiger partial charge in [-0.25, -0.2) is 0 Å². The summed E-state index contributed by atoms with van der Waals surface area (Å²) in [7, 11) is 0. The van der Waals surface area contributed by atoms with E-state index < -0.39 is 6.10 Å². The first-order chi connectivity index (χ1) is 8.11. The van der Waals surface area contributed by atoms with Gasteiger partial charge in [0.2, 0.25) is 5.91 Å². The number of rotatable bonds is 6. The zero-order valence-electron chi connectivity index (χ0n) is 10.6. The van der Waals surface area contributed by atoms with E-state index in [1.54, 1.807) is 0 Å². The maximum absolute atomic E-state index is 11.6. The van der Waals surface area contributed by atoms with E-state index in [9.17, 15) is 9.90 Å². The molecule has 1 aromatic rings. The Morgan fingerprint density at radius 1 is 1.35 bits per heavy atom. The fourth-order valence-corrected chi connectivity index (χ4v) is 1.62. The van der Waals surface area contributed by atoms with E-state index in [1.165, 1.54) is 5.56 Å². The molecule has 94 valence electrons. The van der Waals surface area contributed by atoms with Crippen molar-refractivity contribution in [3.05, 3.63) is 35.4 Å². The van der Waals surface area contributed by atoms with E-state index >= 15 is 0 Å². The maximum Gasteiger partial charge on any atom is 0.224 e. The average molecular weight is 235 g/mol. The SMILES string of the molecule is CCCC(O)CNC(=O)Cc1ccc(C)cc1. The predicted octanol–water partition coefficient (Wildman–Crippen LogP) is 1.81. The molecule has 3 nitrogen and oxygen atoms in total. The van der Waals surface area contributed by atoms with Gasteiger partial charge in [-0.1, -0.05) is 43.2 Å². The van der Waals surface area contributed by atoms with Crippen LogP contribution in [0.25, 0.3) is 0 Å². The Bertz CT molecular complexity index is 346. The lowest BCUT2D eigenvalue weighted by Gasteiger charge is -2.10. The second-order valence-corrected chi connectivity index (χ2v) is 4.41. The zero-order valence-corrected chi connectivity index (χ0v) is 10.6. The van der Waals surface area contributed by atoms with E-state index in [-0.39, 0.29) is 5.91 Å².